The summed E-state index contributed by atoms with van der Waals surface area (Å²) in [7, 11) is 0. The molecule has 0 amide bonds. The quantitative estimate of drug-likeness (QED) is 0.571. The van der Waals surface area contributed by atoms with Gasteiger partial charge in [-0.05, 0) is 49.2 Å². The molecule has 0 aromatic heterocycles. The molecule has 2 aromatic rings. The fourth-order valence-corrected chi connectivity index (χ4v) is 3.38. The zero-order chi connectivity index (χ0) is 20.2. The van der Waals surface area contributed by atoms with E-state index >= 15 is 0 Å². The largest absolute Gasteiger partial charge is 0.457 e. The third-order valence-corrected chi connectivity index (χ3v) is 4.48. The Hall–Kier alpha value is -1.60. The lowest BCUT2D eigenvalue weighted by Crippen LogP contribution is -2.04. The average Bonchev–Trinajstić information content (AvgIpc) is 2.56. The molecule has 2 rings (SSSR count). The maximum atomic E-state index is 12.7. The Labute approximate surface area is 160 Å². The molecular formula is C18H20F3O4PS. The molecule has 0 bridgehead atoms. The van der Waals surface area contributed by atoms with Gasteiger partial charge in [-0.2, -0.15) is 13.2 Å². The van der Waals surface area contributed by atoms with Crippen LogP contribution in [0.4, 0.5) is 13.2 Å². The standard InChI is InChI=1S/C18H20F3O4PS/c1-3-5-15-14(4-2)17(25-26(22,23)27)11-10-16(15)24-13-8-6-12(7-9-13)18(19,20)21/h6-11H,3-5H2,1-2H3,(H2,22,23,27). The first-order chi connectivity index (χ1) is 12.5. The van der Waals surface area contributed by atoms with Crippen molar-refractivity contribution in [2.24, 2.45) is 0 Å². The van der Waals surface area contributed by atoms with Crippen molar-refractivity contribution < 1.29 is 32.2 Å². The van der Waals surface area contributed by atoms with Crippen LogP contribution < -0.4 is 9.26 Å². The molecule has 0 unspecified atom stereocenters. The molecule has 4 nitrogen and oxygen atoms in total. The predicted molar refractivity (Wildman–Crippen MR) is 101 cm³/mol. The second-order valence-electron chi connectivity index (χ2n) is 5.83. The first kappa shape index (κ1) is 21.7. The van der Waals surface area contributed by atoms with Crippen molar-refractivity contribution in [3.8, 4) is 17.2 Å². The summed E-state index contributed by atoms with van der Waals surface area (Å²) in [5.74, 6) is 1.02. The molecular weight excluding hydrogens is 400 g/mol. The summed E-state index contributed by atoms with van der Waals surface area (Å²) in [5, 5.41) is 0. The highest BCUT2D eigenvalue weighted by Crippen LogP contribution is 2.43. The van der Waals surface area contributed by atoms with Crippen molar-refractivity contribution in [3.63, 3.8) is 0 Å². The summed E-state index contributed by atoms with van der Waals surface area (Å²) in [6, 6.07) is 7.54. The summed E-state index contributed by atoms with van der Waals surface area (Å²) in [4.78, 5) is 18.9. The van der Waals surface area contributed by atoms with Crippen molar-refractivity contribution in [1.29, 1.82) is 0 Å². The SMILES string of the molecule is CCCc1c(Oc2ccc(C(F)(F)F)cc2)ccc(OP(O)(O)=S)c1CC. The molecule has 0 aliphatic heterocycles. The average molecular weight is 420 g/mol. The van der Waals surface area contributed by atoms with Gasteiger partial charge >= 0.3 is 12.9 Å². The Kier molecular flexibility index (Phi) is 6.92. The molecule has 0 heterocycles. The van der Waals surface area contributed by atoms with Crippen LogP contribution in [0.1, 0.15) is 37.0 Å². The van der Waals surface area contributed by atoms with Gasteiger partial charge in [-0.1, -0.05) is 20.3 Å². The van der Waals surface area contributed by atoms with Gasteiger partial charge in [-0.3, -0.25) is 0 Å². The number of halogens is 3. The van der Waals surface area contributed by atoms with Gasteiger partial charge in [0.2, 0.25) is 0 Å². The van der Waals surface area contributed by atoms with Gasteiger partial charge in [0.05, 0.1) is 5.56 Å². The van der Waals surface area contributed by atoms with Gasteiger partial charge in [0, 0.05) is 22.9 Å². The van der Waals surface area contributed by atoms with E-state index in [1.165, 1.54) is 18.2 Å². The van der Waals surface area contributed by atoms with Crippen LogP contribution in [0, 0.1) is 0 Å². The number of hydrogen-bond donors (Lipinski definition) is 2. The fraction of sp³-hybridized carbons (Fsp3) is 0.333. The number of benzene rings is 2. The lowest BCUT2D eigenvalue weighted by atomic mass is 9.99. The molecule has 148 valence electrons. The van der Waals surface area contributed by atoms with Crippen molar-refractivity contribution in [3.05, 3.63) is 53.1 Å². The zero-order valence-corrected chi connectivity index (χ0v) is 16.5. The van der Waals surface area contributed by atoms with Crippen molar-refractivity contribution in [1.82, 2.24) is 0 Å². The lowest BCUT2D eigenvalue weighted by molar-refractivity contribution is -0.137. The van der Waals surface area contributed by atoms with E-state index in [-0.39, 0.29) is 11.5 Å². The van der Waals surface area contributed by atoms with Crippen LogP contribution in [-0.4, -0.2) is 9.79 Å². The molecule has 0 spiro atoms. The van der Waals surface area contributed by atoms with Gasteiger partial charge in [0.1, 0.15) is 17.2 Å². The maximum absolute atomic E-state index is 12.7. The van der Waals surface area contributed by atoms with E-state index < -0.39 is 18.5 Å². The molecule has 0 radical (unpaired) electrons. The third-order valence-electron chi connectivity index (χ3n) is 3.83. The second kappa shape index (κ2) is 8.61. The molecule has 2 aromatic carbocycles. The Morgan fingerprint density at radius 1 is 0.963 bits per heavy atom. The normalized spacial score (nSPS) is 12.1. The highest BCUT2D eigenvalue weighted by molar-refractivity contribution is 8.06. The monoisotopic (exact) mass is 420 g/mol. The van der Waals surface area contributed by atoms with E-state index in [2.05, 4.69) is 11.8 Å². The van der Waals surface area contributed by atoms with E-state index in [0.29, 0.717) is 18.6 Å². The summed E-state index contributed by atoms with van der Waals surface area (Å²) >= 11 is 4.54. The summed E-state index contributed by atoms with van der Waals surface area (Å²) in [5.41, 5.74) is 0.762. The van der Waals surface area contributed by atoms with Crippen LogP contribution in [-0.2, 0) is 30.8 Å². The van der Waals surface area contributed by atoms with Crippen LogP contribution in [0.5, 0.6) is 17.2 Å². The van der Waals surface area contributed by atoms with Crippen LogP contribution in [0.3, 0.4) is 0 Å². The fourth-order valence-electron chi connectivity index (χ4n) is 2.71. The molecule has 0 saturated carbocycles. The summed E-state index contributed by atoms with van der Waals surface area (Å²) in [6.45, 7) is -0.0376. The Bertz CT molecular complexity index is 832. The minimum Gasteiger partial charge on any atom is -0.457 e. The molecule has 0 fully saturated rings. The maximum Gasteiger partial charge on any atom is 0.416 e. The molecule has 2 N–H and O–H groups in total. The smallest absolute Gasteiger partial charge is 0.416 e. The molecule has 27 heavy (non-hydrogen) atoms. The van der Waals surface area contributed by atoms with Gasteiger partial charge in [0.25, 0.3) is 0 Å². The second-order valence-corrected chi connectivity index (χ2v) is 8.42. The zero-order valence-electron chi connectivity index (χ0n) is 14.8. The molecule has 0 atom stereocenters. The summed E-state index contributed by atoms with van der Waals surface area (Å²) < 4.78 is 49.0. The minimum absolute atomic E-state index is 0.269. The molecule has 9 heteroatoms. The molecule has 0 aliphatic carbocycles. The Morgan fingerprint density at radius 3 is 2.04 bits per heavy atom. The molecule has 0 aliphatic rings. The van der Waals surface area contributed by atoms with E-state index in [1.54, 1.807) is 6.07 Å². The van der Waals surface area contributed by atoms with Gasteiger partial charge in [-0.15, -0.1) is 0 Å². The first-order valence-electron chi connectivity index (χ1n) is 8.30. The number of alkyl halides is 3. The van der Waals surface area contributed by atoms with E-state index in [0.717, 1.165) is 29.7 Å². The lowest BCUT2D eigenvalue weighted by Gasteiger charge is -2.19. The van der Waals surface area contributed by atoms with E-state index in [9.17, 15) is 23.0 Å². The van der Waals surface area contributed by atoms with Gasteiger partial charge < -0.3 is 19.0 Å². The Morgan fingerprint density at radius 2 is 1.56 bits per heavy atom. The van der Waals surface area contributed by atoms with Crippen molar-refractivity contribution >= 4 is 18.5 Å². The highest BCUT2D eigenvalue weighted by atomic mass is 32.5. The topological polar surface area (TPSA) is 58.9 Å². The predicted octanol–water partition coefficient (Wildman–Crippen LogP) is 5.60. The van der Waals surface area contributed by atoms with Crippen LogP contribution in [0.2, 0.25) is 0 Å². The van der Waals surface area contributed by atoms with Gasteiger partial charge in [-0.25, -0.2) is 0 Å². The van der Waals surface area contributed by atoms with Crippen LogP contribution in [0.25, 0.3) is 0 Å². The number of ether oxygens (including phenoxy) is 1. The number of hydrogen-bond acceptors (Lipinski definition) is 3. The van der Waals surface area contributed by atoms with Crippen molar-refractivity contribution in [2.45, 2.75) is 39.3 Å². The van der Waals surface area contributed by atoms with Gasteiger partial charge in [0.15, 0.2) is 0 Å². The first-order valence-corrected chi connectivity index (χ1v) is 10.9. The minimum atomic E-state index is -4.41. The van der Waals surface area contributed by atoms with Crippen molar-refractivity contribution in [2.75, 3.05) is 0 Å². The summed E-state index contributed by atoms with van der Waals surface area (Å²) in [6.07, 6.45) is -2.47. The number of rotatable bonds is 7. The van der Waals surface area contributed by atoms with E-state index in [4.69, 9.17) is 9.26 Å². The van der Waals surface area contributed by atoms with E-state index in [1.807, 2.05) is 13.8 Å². The van der Waals surface area contributed by atoms with Crippen LogP contribution in [0.15, 0.2) is 36.4 Å². The third kappa shape index (κ3) is 5.94. The highest BCUT2D eigenvalue weighted by Gasteiger charge is 2.30. The van der Waals surface area contributed by atoms with Crippen LogP contribution >= 0.6 is 6.72 Å². The molecule has 0 saturated heterocycles. The Balaban J connectivity index is 2.39.